The Morgan fingerprint density at radius 2 is 1.81 bits per heavy atom. The summed E-state index contributed by atoms with van der Waals surface area (Å²) in [6.07, 6.45) is 0. The largest absolute Gasteiger partial charge is 0.545 e. The molecule has 2 amide bonds. The summed E-state index contributed by atoms with van der Waals surface area (Å²) in [7, 11) is 1.65. The van der Waals surface area contributed by atoms with E-state index >= 15 is 0 Å². The number of anilines is 2. The number of carbonyl (C=O) groups is 3. The van der Waals surface area contributed by atoms with Crippen molar-refractivity contribution in [3.05, 3.63) is 64.6 Å². The summed E-state index contributed by atoms with van der Waals surface area (Å²) in [5.41, 5.74) is 1.97. The SMILES string of the molecule is CN1C(=O)/C(=C2\SC(=S)N(c3cccc(C(=O)[O-])c3)C2=O)c2ccccc21. The van der Waals surface area contributed by atoms with Crippen LogP contribution in [0.25, 0.3) is 5.57 Å². The molecule has 0 bridgehead atoms. The topological polar surface area (TPSA) is 80.8 Å². The quantitative estimate of drug-likeness (QED) is 0.570. The van der Waals surface area contributed by atoms with E-state index in [-0.39, 0.29) is 20.7 Å². The van der Waals surface area contributed by atoms with Gasteiger partial charge >= 0.3 is 0 Å². The third-order valence-corrected chi connectivity index (χ3v) is 5.76. The highest BCUT2D eigenvalue weighted by Crippen LogP contribution is 2.45. The molecule has 0 aromatic heterocycles. The fourth-order valence-electron chi connectivity index (χ4n) is 3.10. The number of carboxylic acids is 1. The Kier molecular flexibility index (Phi) is 4.09. The lowest BCUT2D eigenvalue weighted by Gasteiger charge is -2.16. The van der Waals surface area contributed by atoms with Crippen molar-refractivity contribution in [2.24, 2.45) is 0 Å². The summed E-state index contributed by atoms with van der Waals surface area (Å²) in [6, 6.07) is 13.0. The maximum Gasteiger partial charge on any atom is 0.271 e. The lowest BCUT2D eigenvalue weighted by Crippen LogP contribution is -2.29. The van der Waals surface area contributed by atoms with Gasteiger partial charge in [0.1, 0.15) is 0 Å². The molecular weight excluding hydrogens is 384 g/mol. The lowest BCUT2D eigenvalue weighted by molar-refractivity contribution is -0.255. The molecule has 0 unspecified atom stereocenters. The predicted octanol–water partition coefficient (Wildman–Crippen LogP) is 1.80. The molecule has 4 rings (SSSR count). The Bertz CT molecular complexity index is 1080. The van der Waals surface area contributed by atoms with E-state index in [0.29, 0.717) is 16.8 Å². The molecule has 27 heavy (non-hydrogen) atoms. The van der Waals surface area contributed by atoms with Crippen LogP contribution in [0.15, 0.2) is 53.4 Å². The van der Waals surface area contributed by atoms with Crippen molar-refractivity contribution in [2.75, 3.05) is 16.8 Å². The van der Waals surface area contributed by atoms with Crippen molar-refractivity contribution in [1.82, 2.24) is 0 Å². The van der Waals surface area contributed by atoms with E-state index < -0.39 is 11.9 Å². The molecule has 2 aliphatic heterocycles. The first-order valence-electron chi connectivity index (χ1n) is 7.89. The monoisotopic (exact) mass is 395 g/mol. The van der Waals surface area contributed by atoms with Crippen molar-refractivity contribution in [3.63, 3.8) is 0 Å². The summed E-state index contributed by atoms with van der Waals surface area (Å²) >= 11 is 6.37. The van der Waals surface area contributed by atoms with Gasteiger partial charge in [-0.1, -0.05) is 54.3 Å². The van der Waals surface area contributed by atoms with Crippen LogP contribution in [0.4, 0.5) is 11.4 Å². The summed E-state index contributed by atoms with van der Waals surface area (Å²) in [6.45, 7) is 0. The fourth-order valence-corrected chi connectivity index (χ4v) is 4.47. The first kappa shape index (κ1) is 17.4. The zero-order valence-corrected chi connectivity index (χ0v) is 15.6. The second-order valence-corrected chi connectivity index (χ2v) is 7.58. The Balaban J connectivity index is 1.83. The second kappa shape index (κ2) is 6.33. The van der Waals surface area contributed by atoms with Gasteiger partial charge in [0, 0.05) is 12.6 Å². The van der Waals surface area contributed by atoms with E-state index in [1.165, 1.54) is 28.0 Å². The Morgan fingerprint density at radius 1 is 1.07 bits per heavy atom. The molecule has 8 heteroatoms. The molecule has 0 spiro atoms. The van der Waals surface area contributed by atoms with Gasteiger partial charge in [0.2, 0.25) is 0 Å². The second-order valence-electron chi connectivity index (χ2n) is 5.93. The van der Waals surface area contributed by atoms with Crippen molar-refractivity contribution in [2.45, 2.75) is 0 Å². The van der Waals surface area contributed by atoms with E-state index in [2.05, 4.69) is 0 Å². The highest BCUT2D eigenvalue weighted by molar-refractivity contribution is 8.27. The van der Waals surface area contributed by atoms with Crippen LogP contribution in [0, 0.1) is 0 Å². The maximum atomic E-state index is 13.1. The average Bonchev–Trinajstić information content (AvgIpc) is 3.08. The maximum absolute atomic E-state index is 13.1. The van der Waals surface area contributed by atoms with Gasteiger partial charge in [0.25, 0.3) is 11.8 Å². The van der Waals surface area contributed by atoms with Gasteiger partial charge in [-0.05, 0) is 23.8 Å². The molecule has 0 atom stereocenters. The van der Waals surface area contributed by atoms with Gasteiger partial charge in [0.15, 0.2) is 4.32 Å². The molecule has 2 aliphatic rings. The Labute approximate surface area is 164 Å². The average molecular weight is 395 g/mol. The number of carboxylic acid groups (broad SMARTS) is 1. The van der Waals surface area contributed by atoms with E-state index in [0.717, 1.165) is 17.4 Å². The predicted molar refractivity (Wildman–Crippen MR) is 105 cm³/mol. The van der Waals surface area contributed by atoms with Crippen LogP contribution in [0.5, 0.6) is 0 Å². The van der Waals surface area contributed by atoms with Crippen molar-refractivity contribution in [3.8, 4) is 0 Å². The minimum atomic E-state index is -1.35. The molecule has 1 fully saturated rings. The third kappa shape index (κ3) is 2.65. The summed E-state index contributed by atoms with van der Waals surface area (Å²) in [5, 5.41) is 11.1. The number of benzene rings is 2. The molecule has 2 aromatic rings. The molecular formula is C19H11N2O4S2-. The molecule has 0 aliphatic carbocycles. The Hall–Kier alpha value is -2.97. The number of para-hydroxylation sites is 1. The van der Waals surface area contributed by atoms with Crippen LogP contribution < -0.4 is 14.9 Å². The Morgan fingerprint density at radius 3 is 2.56 bits per heavy atom. The number of hydrogen-bond donors (Lipinski definition) is 0. The standard InChI is InChI=1S/C19H12N2O4S2/c1-20-13-8-3-2-7-12(13)14(16(20)22)15-17(23)21(19(26)27-15)11-6-4-5-10(9-11)18(24)25/h2-9H,1H3,(H,24,25)/p-1/b15-14-. The third-order valence-electron chi connectivity index (χ3n) is 4.39. The van der Waals surface area contributed by atoms with Crippen LogP contribution in [0.3, 0.4) is 0 Å². The van der Waals surface area contributed by atoms with Gasteiger partial charge in [-0.25, -0.2) is 0 Å². The number of fused-ring (bicyclic) bond motifs is 1. The van der Waals surface area contributed by atoms with Crippen molar-refractivity contribution in [1.29, 1.82) is 0 Å². The minimum absolute atomic E-state index is 0.0591. The molecule has 6 nitrogen and oxygen atoms in total. The van der Waals surface area contributed by atoms with Crippen LogP contribution in [-0.2, 0) is 9.59 Å². The number of rotatable bonds is 2. The molecule has 0 radical (unpaired) electrons. The highest BCUT2D eigenvalue weighted by Gasteiger charge is 2.41. The molecule has 2 aromatic carbocycles. The van der Waals surface area contributed by atoms with E-state index in [4.69, 9.17) is 12.2 Å². The summed E-state index contributed by atoms with van der Waals surface area (Å²) in [5.74, 6) is -2.07. The first-order chi connectivity index (χ1) is 12.9. The van der Waals surface area contributed by atoms with Crippen LogP contribution >= 0.6 is 24.0 Å². The first-order valence-corrected chi connectivity index (χ1v) is 9.12. The molecule has 134 valence electrons. The van der Waals surface area contributed by atoms with E-state index in [1.54, 1.807) is 25.2 Å². The summed E-state index contributed by atoms with van der Waals surface area (Å²) < 4.78 is 0.234. The number of amides is 2. The van der Waals surface area contributed by atoms with Gasteiger partial charge < -0.3 is 14.8 Å². The van der Waals surface area contributed by atoms with Gasteiger partial charge in [0.05, 0.1) is 27.8 Å². The normalized spacial score (nSPS) is 19.1. The van der Waals surface area contributed by atoms with E-state index in [9.17, 15) is 19.5 Å². The minimum Gasteiger partial charge on any atom is -0.545 e. The van der Waals surface area contributed by atoms with Crippen molar-refractivity contribution >= 4 is 63.0 Å². The number of nitrogens with zero attached hydrogens (tertiary/aromatic N) is 2. The highest BCUT2D eigenvalue weighted by atomic mass is 32.2. The van der Waals surface area contributed by atoms with Gasteiger partial charge in [-0.2, -0.15) is 0 Å². The van der Waals surface area contributed by atoms with Crippen molar-refractivity contribution < 1.29 is 19.5 Å². The number of thiocarbonyl (C=S) groups is 1. The number of hydrogen-bond acceptors (Lipinski definition) is 6. The van der Waals surface area contributed by atoms with E-state index in [1.807, 2.05) is 12.1 Å². The molecule has 2 heterocycles. The number of thioether (sulfide) groups is 1. The lowest BCUT2D eigenvalue weighted by atomic mass is 10.1. The van der Waals surface area contributed by atoms with Gasteiger partial charge in [-0.3, -0.25) is 14.5 Å². The molecule has 1 saturated heterocycles. The molecule has 0 saturated carbocycles. The van der Waals surface area contributed by atoms with Gasteiger partial charge in [-0.15, -0.1) is 0 Å². The summed E-state index contributed by atoms with van der Waals surface area (Å²) in [4.78, 5) is 39.9. The molecule has 0 N–H and O–H groups in total. The zero-order valence-electron chi connectivity index (χ0n) is 14.0. The smallest absolute Gasteiger partial charge is 0.271 e. The zero-order chi connectivity index (χ0) is 19.3. The van der Waals surface area contributed by atoms with Crippen LogP contribution in [0.2, 0.25) is 0 Å². The van der Waals surface area contributed by atoms with Crippen LogP contribution in [0.1, 0.15) is 15.9 Å². The number of likely N-dealkylation sites (N-methyl/N-ethyl adjacent to an activating group) is 1. The number of aromatic carboxylic acids is 1. The van der Waals surface area contributed by atoms with Crippen LogP contribution in [-0.4, -0.2) is 29.2 Å². The number of carbonyl (C=O) groups excluding carboxylic acids is 3. The fraction of sp³-hybridized carbons (Fsp3) is 0.0526.